The van der Waals surface area contributed by atoms with E-state index in [1.807, 2.05) is 43.3 Å². The highest BCUT2D eigenvalue weighted by molar-refractivity contribution is 5.98. The van der Waals surface area contributed by atoms with E-state index in [0.717, 1.165) is 18.4 Å². The predicted octanol–water partition coefficient (Wildman–Crippen LogP) is 3.66. The van der Waals surface area contributed by atoms with Crippen molar-refractivity contribution in [1.82, 2.24) is 9.80 Å². The lowest BCUT2D eigenvalue weighted by molar-refractivity contribution is -0.140. The minimum absolute atomic E-state index is 0.00781. The fourth-order valence-corrected chi connectivity index (χ4v) is 3.74. The maximum Gasteiger partial charge on any atom is 0.260 e. The number of Topliss-reactive ketones (excluding diaryl/α,β-unsaturated/α-hetero) is 1. The van der Waals surface area contributed by atoms with Crippen molar-refractivity contribution >= 4 is 17.6 Å². The molecule has 2 amide bonds. The molecule has 2 aromatic rings. The molecule has 0 aliphatic carbocycles. The van der Waals surface area contributed by atoms with Crippen LogP contribution in [0.2, 0.25) is 0 Å². The van der Waals surface area contributed by atoms with Gasteiger partial charge in [-0.15, -0.1) is 0 Å². The summed E-state index contributed by atoms with van der Waals surface area (Å²) < 4.78 is 5.63. The molecular formula is C26H32N2O4. The van der Waals surface area contributed by atoms with Gasteiger partial charge in [0.05, 0.1) is 0 Å². The summed E-state index contributed by atoms with van der Waals surface area (Å²) in [5, 5.41) is 0. The summed E-state index contributed by atoms with van der Waals surface area (Å²) in [4.78, 5) is 40.7. The topological polar surface area (TPSA) is 66.9 Å². The van der Waals surface area contributed by atoms with Gasteiger partial charge in [0, 0.05) is 44.6 Å². The van der Waals surface area contributed by atoms with Crippen LogP contribution in [-0.2, 0) is 16.0 Å². The van der Waals surface area contributed by atoms with Crippen LogP contribution in [0.4, 0.5) is 0 Å². The van der Waals surface area contributed by atoms with Gasteiger partial charge in [0.25, 0.3) is 5.91 Å². The number of aryl methyl sites for hydroxylation is 2. The zero-order chi connectivity index (χ0) is 22.9. The zero-order valence-corrected chi connectivity index (χ0v) is 19.0. The number of amides is 2. The number of ether oxygens (including phenoxy) is 1. The highest BCUT2D eigenvalue weighted by atomic mass is 16.5. The Balaban J connectivity index is 1.38. The molecule has 0 radical (unpaired) electrons. The third-order valence-corrected chi connectivity index (χ3v) is 5.75. The van der Waals surface area contributed by atoms with Gasteiger partial charge in [-0.1, -0.05) is 55.3 Å². The normalized spacial score (nSPS) is 13.7. The average molecular weight is 437 g/mol. The van der Waals surface area contributed by atoms with Gasteiger partial charge in [0.1, 0.15) is 5.75 Å². The third-order valence-electron chi connectivity index (χ3n) is 5.75. The fourth-order valence-electron chi connectivity index (χ4n) is 3.74. The number of nitrogens with zero attached hydrogens (tertiary/aromatic N) is 2. The van der Waals surface area contributed by atoms with Crippen LogP contribution >= 0.6 is 0 Å². The van der Waals surface area contributed by atoms with Crippen molar-refractivity contribution in [3.63, 3.8) is 0 Å². The van der Waals surface area contributed by atoms with Crippen LogP contribution < -0.4 is 4.74 Å². The van der Waals surface area contributed by atoms with Gasteiger partial charge in [0.15, 0.2) is 12.4 Å². The summed E-state index contributed by atoms with van der Waals surface area (Å²) in [6.07, 6.45) is 2.52. The number of carbonyl (C=O) groups excluding carboxylic acids is 3. The smallest absolute Gasteiger partial charge is 0.260 e. The van der Waals surface area contributed by atoms with E-state index in [9.17, 15) is 14.4 Å². The molecular weight excluding hydrogens is 404 g/mol. The largest absolute Gasteiger partial charge is 0.484 e. The van der Waals surface area contributed by atoms with Crippen LogP contribution in [0.5, 0.6) is 5.75 Å². The number of hydrogen-bond donors (Lipinski definition) is 0. The van der Waals surface area contributed by atoms with Gasteiger partial charge in [-0.25, -0.2) is 0 Å². The molecule has 170 valence electrons. The van der Waals surface area contributed by atoms with E-state index >= 15 is 0 Å². The van der Waals surface area contributed by atoms with Gasteiger partial charge >= 0.3 is 0 Å². The Hall–Kier alpha value is -3.15. The lowest BCUT2D eigenvalue weighted by Crippen LogP contribution is -2.51. The molecule has 1 aliphatic rings. The van der Waals surface area contributed by atoms with Gasteiger partial charge in [-0.05, 0) is 31.0 Å². The molecule has 1 saturated heterocycles. The Morgan fingerprint density at radius 2 is 1.41 bits per heavy atom. The maximum absolute atomic E-state index is 12.5. The Morgan fingerprint density at radius 1 is 0.812 bits per heavy atom. The van der Waals surface area contributed by atoms with Crippen molar-refractivity contribution in [3.05, 3.63) is 65.2 Å². The number of piperazine rings is 1. The van der Waals surface area contributed by atoms with Crippen LogP contribution in [-0.4, -0.2) is 60.2 Å². The standard InChI is InChI=1S/C26H32N2O4/c1-3-4-21-7-11-23(12-8-21)32-19-26(31)28-17-15-27(16-18-28)25(30)14-13-24(29)22-9-5-20(2)6-10-22/h5-12H,3-4,13-19H2,1-2H3. The van der Waals surface area contributed by atoms with E-state index < -0.39 is 0 Å². The van der Waals surface area contributed by atoms with Gasteiger partial charge in [-0.3, -0.25) is 14.4 Å². The molecule has 32 heavy (non-hydrogen) atoms. The SMILES string of the molecule is CCCc1ccc(OCC(=O)N2CCN(C(=O)CCC(=O)c3ccc(C)cc3)CC2)cc1. The molecule has 0 unspecified atom stereocenters. The predicted molar refractivity (Wildman–Crippen MR) is 124 cm³/mol. The fraction of sp³-hybridized carbons (Fsp3) is 0.423. The molecule has 0 atom stereocenters. The van der Waals surface area contributed by atoms with Crippen molar-refractivity contribution in [2.75, 3.05) is 32.8 Å². The molecule has 0 bridgehead atoms. The van der Waals surface area contributed by atoms with Crippen molar-refractivity contribution < 1.29 is 19.1 Å². The molecule has 1 heterocycles. The van der Waals surface area contributed by atoms with Crippen LogP contribution in [0.25, 0.3) is 0 Å². The number of rotatable bonds is 9. The van der Waals surface area contributed by atoms with Crippen LogP contribution in [0.15, 0.2) is 48.5 Å². The lowest BCUT2D eigenvalue weighted by atomic mass is 10.0. The first-order valence-corrected chi connectivity index (χ1v) is 11.3. The van der Waals surface area contributed by atoms with E-state index in [1.54, 1.807) is 21.9 Å². The second-order valence-corrected chi connectivity index (χ2v) is 8.23. The van der Waals surface area contributed by atoms with E-state index in [0.29, 0.717) is 37.5 Å². The molecule has 1 aliphatic heterocycles. The van der Waals surface area contributed by atoms with Gasteiger partial charge in [0.2, 0.25) is 5.91 Å². The summed E-state index contributed by atoms with van der Waals surface area (Å²) >= 11 is 0. The van der Waals surface area contributed by atoms with E-state index in [1.165, 1.54) is 5.56 Å². The summed E-state index contributed by atoms with van der Waals surface area (Å²) in [7, 11) is 0. The van der Waals surface area contributed by atoms with Gasteiger partial charge in [-0.2, -0.15) is 0 Å². The van der Waals surface area contributed by atoms with Crippen molar-refractivity contribution in [2.45, 2.75) is 39.5 Å². The van der Waals surface area contributed by atoms with E-state index in [4.69, 9.17) is 4.74 Å². The summed E-state index contributed by atoms with van der Waals surface area (Å²) in [5.74, 6) is 0.544. The Morgan fingerprint density at radius 3 is 2.00 bits per heavy atom. The molecule has 6 heteroatoms. The Bertz CT molecular complexity index is 914. The highest BCUT2D eigenvalue weighted by Crippen LogP contribution is 2.14. The van der Waals surface area contributed by atoms with Crippen molar-refractivity contribution in [2.24, 2.45) is 0 Å². The zero-order valence-electron chi connectivity index (χ0n) is 19.0. The van der Waals surface area contributed by atoms with Crippen LogP contribution in [0.3, 0.4) is 0 Å². The third kappa shape index (κ3) is 6.67. The summed E-state index contributed by atoms with van der Waals surface area (Å²) in [6, 6.07) is 15.2. The summed E-state index contributed by atoms with van der Waals surface area (Å²) in [6.45, 7) is 6.03. The van der Waals surface area contributed by atoms with Crippen molar-refractivity contribution in [1.29, 1.82) is 0 Å². The number of hydrogen-bond acceptors (Lipinski definition) is 4. The van der Waals surface area contributed by atoms with Crippen LogP contribution in [0, 0.1) is 6.92 Å². The quantitative estimate of drug-likeness (QED) is 0.563. The Labute approximate surface area is 190 Å². The molecule has 2 aromatic carbocycles. The van der Waals surface area contributed by atoms with Gasteiger partial charge < -0.3 is 14.5 Å². The minimum atomic E-state index is -0.0794. The molecule has 3 rings (SSSR count). The number of ketones is 1. The first kappa shape index (κ1) is 23.5. The molecule has 0 spiro atoms. The first-order valence-electron chi connectivity index (χ1n) is 11.3. The molecule has 1 fully saturated rings. The number of carbonyl (C=O) groups is 3. The molecule has 0 N–H and O–H groups in total. The molecule has 0 aromatic heterocycles. The average Bonchev–Trinajstić information content (AvgIpc) is 2.82. The second-order valence-electron chi connectivity index (χ2n) is 8.23. The minimum Gasteiger partial charge on any atom is -0.484 e. The maximum atomic E-state index is 12.5. The lowest BCUT2D eigenvalue weighted by Gasteiger charge is -2.34. The molecule has 6 nitrogen and oxygen atoms in total. The van der Waals surface area contributed by atoms with Crippen LogP contribution in [0.1, 0.15) is 47.7 Å². The number of benzene rings is 2. The monoisotopic (exact) mass is 436 g/mol. The highest BCUT2D eigenvalue weighted by Gasteiger charge is 2.24. The second kappa shape index (κ2) is 11.5. The van der Waals surface area contributed by atoms with Crippen molar-refractivity contribution in [3.8, 4) is 5.75 Å². The first-order chi connectivity index (χ1) is 15.5. The summed E-state index contributed by atoms with van der Waals surface area (Å²) in [5.41, 5.74) is 2.99. The van der Waals surface area contributed by atoms with E-state index in [2.05, 4.69) is 6.92 Å². The Kier molecular flexibility index (Phi) is 8.42. The van der Waals surface area contributed by atoms with E-state index in [-0.39, 0.29) is 37.0 Å². The molecule has 0 saturated carbocycles.